The molecule has 16 heavy (non-hydrogen) atoms. The molecule has 1 amide bonds. The lowest BCUT2D eigenvalue weighted by Crippen LogP contribution is -2.32. The molecule has 6 heteroatoms. The van der Waals surface area contributed by atoms with Crippen molar-refractivity contribution in [2.24, 2.45) is 0 Å². The predicted molar refractivity (Wildman–Crippen MR) is 62.8 cm³/mol. The Kier molecular flexibility index (Phi) is 2.96. The van der Waals surface area contributed by atoms with Crippen molar-refractivity contribution in [3.8, 4) is 0 Å². The van der Waals surface area contributed by atoms with E-state index in [0.717, 1.165) is 0 Å². The Bertz CT molecular complexity index is 421. The highest BCUT2D eigenvalue weighted by atomic mass is 35.5. The number of nitrogens with zero attached hydrogens (tertiary/aromatic N) is 3. The van der Waals surface area contributed by atoms with Crippen LogP contribution in [0.5, 0.6) is 0 Å². The molecule has 0 bridgehead atoms. The van der Waals surface area contributed by atoms with E-state index in [1.165, 1.54) is 0 Å². The van der Waals surface area contributed by atoms with Crippen LogP contribution in [-0.2, 0) is 4.79 Å². The largest absolute Gasteiger partial charge is 0.352 e. The number of carbonyl (C=O) groups is 1. The summed E-state index contributed by atoms with van der Waals surface area (Å²) in [6.45, 7) is 4.75. The molecule has 86 valence electrons. The maximum Gasteiger partial charge on any atom is 0.226 e. The van der Waals surface area contributed by atoms with E-state index in [9.17, 15) is 4.79 Å². The van der Waals surface area contributed by atoms with Crippen molar-refractivity contribution < 1.29 is 4.79 Å². The van der Waals surface area contributed by atoms with Gasteiger partial charge in [0.2, 0.25) is 11.2 Å². The monoisotopic (exact) mass is 240 g/mol. The first-order chi connectivity index (χ1) is 7.58. The van der Waals surface area contributed by atoms with Gasteiger partial charge in [0.15, 0.2) is 5.82 Å². The number of fused-ring (bicyclic) bond motifs is 1. The molecule has 0 atom stereocenters. The molecular formula is C10H13ClN4O. The van der Waals surface area contributed by atoms with Crippen LogP contribution in [0.1, 0.15) is 20.3 Å². The second-order valence-electron chi connectivity index (χ2n) is 3.96. The smallest absolute Gasteiger partial charge is 0.226 e. The van der Waals surface area contributed by atoms with E-state index in [-0.39, 0.29) is 17.2 Å². The number of halogens is 1. The first kappa shape index (κ1) is 11.1. The van der Waals surface area contributed by atoms with E-state index < -0.39 is 0 Å². The Labute approximate surface area is 98.8 Å². The average molecular weight is 241 g/mol. The minimum Gasteiger partial charge on any atom is -0.352 e. The zero-order valence-corrected chi connectivity index (χ0v) is 9.95. The fourth-order valence-corrected chi connectivity index (χ4v) is 1.83. The van der Waals surface area contributed by atoms with Gasteiger partial charge in [0.05, 0.1) is 6.20 Å². The molecule has 0 radical (unpaired) electrons. The average Bonchev–Trinajstić information content (AvgIpc) is 2.36. The number of hydrogen-bond donors (Lipinski definition) is 1. The zero-order valence-electron chi connectivity index (χ0n) is 9.20. The Morgan fingerprint density at radius 1 is 1.56 bits per heavy atom. The van der Waals surface area contributed by atoms with Gasteiger partial charge in [-0.05, 0) is 25.4 Å². The number of anilines is 2. The minimum absolute atomic E-state index is 0.0182. The van der Waals surface area contributed by atoms with Gasteiger partial charge < -0.3 is 10.2 Å². The van der Waals surface area contributed by atoms with Crippen molar-refractivity contribution >= 4 is 29.0 Å². The van der Waals surface area contributed by atoms with Crippen molar-refractivity contribution in [1.82, 2.24) is 9.97 Å². The van der Waals surface area contributed by atoms with Gasteiger partial charge in [-0.3, -0.25) is 4.79 Å². The Morgan fingerprint density at radius 2 is 2.31 bits per heavy atom. The van der Waals surface area contributed by atoms with Gasteiger partial charge in [0.25, 0.3) is 0 Å². The highest BCUT2D eigenvalue weighted by Crippen LogP contribution is 2.28. The summed E-state index contributed by atoms with van der Waals surface area (Å²) in [5, 5.41) is 2.97. The summed E-state index contributed by atoms with van der Waals surface area (Å²) in [5.41, 5.74) is 0.626. The standard InChI is InChI=1S/C10H13ClN4O/c1-6(2)15-4-3-8(16)13-7-5-12-10(11)14-9(7)15/h5-6H,3-4H2,1-2H3,(H,13,16). The van der Waals surface area contributed by atoms with Crippen LogP contribution in [0.3, 0.4) is 0 Å². The normalized spacial score (nSPS) is 15.8. The summed E-state index contributed by atoms with van der Waals surface area (Å²) >= 11 is 5.77. The second kappa shape index (κ2) is 4.25. The molecule has 1 aromatic rings. The number of amides is 1. The summed E-state index contributed by atoms with van der Waals surface area (Å²) in [6.07, 6.45) is 2.00. The van der Waals surface area contributed by atoms with E-state index in [1.54, 1.807) is 6.20 Å². The summed E-state index contributed by atoms with van der Waals surface area (Å²) in [6, 6.07) is 0.261. The van der Waals surface area contributed by atoms with Crippen LogP contribution in [0.15, 0.2) is 6.20 Å². The van der Waals surface area contributed by atoms with Gasteiger partial charge in [0.1, 0.15) is 5.69 Å². The van der Waals surface area contributed by atoms with E-state index in [0.29, 0.717) is 24.5 Å². The molecule has 1 aliphatic rings. The number of nitrogens with one attached hydrogen (secondary N) is 1. The molecule has 0 aliphatic carbocycles. The number of aromatic nitrogens is 2. The third-order valence-corrected chi connectivity index (χ3v) is 2.67. The molecule has 2 rings (SSSR count). The van der Waals surface area contributed by atoms with E-state index in [1.807, 2.05) is 4.90 Å². The number of hydrogen-bond acceptors (Lipinski definition) is 4. The molecule has 5 nitrogen and oxygen atoms in total. The van der Waals surface area contributed by atoms with Gasteiger partial charge in [-0.2, -0.15) is 4.98 Å². The van der Waals surface area contributed by atoms with Crippen molar-refractivity contribution in [3.05, 3.63) is 11.5 Å². The topological polar surface area (TPSA) is 58.1 Å². The predicted octanol–water partition coefficient (Wildman–Crippen LogP) is 1.69. The van der Waals surface area contributed by atoms with Gasteiger partial charge in [-0.25, -0.2) is 4.98 Å². The van der Waals surface area contributed by atoms with E-state index in [2.05, 4.69) is 29.1 Å². The molecule has 0 unspecified atom stereocenters. The lowest BCUT2D eigenvalue weighted by molar-refractivity contribution is -0.115. The van der Waals surface area contributed by atoms with Crippen LogP contribution in [0.25, 0.3) is 0 Å². The molecule has 0 saturated heterocycles. The van der Waals surface area contributed by atoms with Crippen molar-refractivity contribution in [3.63, 3.8) is 0 Å². The molecule has 1 N–H and O–H groups in total. The summed E-state index contributed by atoms with van der Waals surface area (Å²) in [4.78, 5) is 21.6. The summed E-state index contributed by atoms with van der Waals surface area (Å²) in [5.74, 6) is 0.677. The van der Waals surface area contributed by atoms with Gasteiger partial charge in [-0.1, -0.05) is 0 Å². The molecule has 2 heterocycles. The first-order valence-corrected chi connectivity index (χ1v) is 5.55. The molecule has 1 aromatic heterocycles. The van der Waals surface area contributed by atoms with Gasteiger partial charge in [-0.15, -0.1) is 0 Å². The van der Waals surface area contributed by atoms with Crippen LogP contribution in [0.2, 0.25) is 5.28 Å². The Balaban J connectivity index is 2.47. The second-order valence-corrected chi connectivity index (χ2v) is 4.30. The first-order valence-electron chi connectivity index (χ1n) is 5.17. The van der Waals surface area contributed by atoms with Crippen molar-refractivity contribution in [2.75, 3.05) is 16.8 Å². The maximum atomic E-state index is 11.5. The van der Waals surface area contributed by atoms with E-state index >= 15 is 0 Å². The number of rotatable bonds is 1. The van der Waals surface area contributed by atoms with Crippen LogP contribution in [0, 0.1) is 0 Å². The van der Waals surface area contributed by atoms with Crippen LogP contribution >= 0.6 is 11.6 Å². The molecular weight excluding hydrogens is 228 g/mol. The SMILES string of the molecule is CC(C)N1CCC(=O)Nc2cnc(Cl)nc21. The highest BCUT2D eigenvalue weighted by Gasteiger charge is 2.22. The maximum absolute atomic E-state index is 11.5. The fraction of sp³-hybridized carbons (Fsp3) is 0.500. The van der Waals surface area contributed by atoms with Crippen LogP contribution in [0.4, 0.5) is 11.5 Å². The van der Waals surface area contributed by atoms with Crippen LogP contribution in [-0.4, -0.2) is 28.5 Å². The molecule has 0 aromatic carbocycles. The highest BCUT2D eigenvalue weighted by molar-refractivity contribution is 6.28. The van der Waals surface area contributed by atoms with Crippen LogP contribution < -0.4 is 10.2 Å². The lowest BCUT2D eigenvalue weighted by Gasteiger charge is -2.26. The summed E-state index contributed by atoms with van der Waals surface area (Å²) in [7, 11) is 0. The third kappa shape index (κ3) is 2.09. The zero-order chi connectivity index (χ0) is 11.7. The molecule has 0 spiro atoms. The van der Waals surface area contributed by atoms with Gasteiger partial charge >= 0.3 is 0 Å². The molecule has 0 fully saturated rings. The number of carbonyl (C=O) groups excluding carboxylic acids is 1. The summed E-state index contributed by atoms with van der Waals surface area (Å²) < 4.78 is 0. The van der Waals surface area contributed by atoms with Crippen molar-refractivity contribution in [2.45, 2.75) is 26.3 Å². The molecule has 1 aliphatic heterocycles. The minimum atomic E-state index is -0.0182. The molecule has 0 saturated carbocycles. The fourth-order valence-electron chi connectivity index (χ4n) is 1.70. The van der Waals surface area contributed by atoms with Gasteiger partial charge in [0, 0.05) is 19.0 Å². The lowest BCUT2D eigenvalue weighted by atomic mass is 10.3. The third-order valence-electron chi connectivity index (χ3n) is 2.49. The Morgan fingerprint density at radius 3 is 3.00 bits per heavy atom. The Hall–Kier alpha value is -1.36. The quantitative estimate of drug-likeness (QED) is 0.759. The van der Waals surface area contributed by atoms with Crippen molar-refractivity contribution in [1.29, 1.82) is 0 Å². The van der Waals surface area contributed by atoms with E-state index in [4.69, 9.17) is 11.6 Å².